The summed E-state index contributed by atoms with van der Waals surface area (Å²) in [5.74, 6) is -3.94. The van der Waals surface area contributed by atoms with Crippen molar-refractivity contribution in [3.63, 3.8) is 0 Å². The summed E-state index contributed by atoms with van der Waals surface area (Å²) >= 11 is 1.12. The molecule has 4 atom stereocenters. The molecule has 0 bridgehead atoms. The number of rotatable bonds is 7. The number of pyridine rings is 1. The molecule has 3 fully saturated rings. The van der Waals surface area contributed by atoms with E-state index in [0.717, 1.165) is 24.0 Å². The number of fused-ring (bicyclic) bond motifs is 2. The van der Waals surface area contributed by atoms with Gasteiger partial charge >= 0.3 is 7.60 Å². The van der Waals surface area contributed by atoms with Crippen LogP contribution in [0.4, 0.5) is 14.5 Å². The zero-order valence-corrected chi connectivity index (χ0v) is 25.5. The number of halogens is 2. The quantitative estimate of drug-likeness (QED) is 0.282. The van der Waals surface area contributed by atoms with Crippen LogP contribution in [-0.4, -0.2) is 80.6 Å². The van der Waals surface area contributed by atoms with Crippen molar-refractivity contribution < 1.29 is 37.5 Å². The second-order valence-electron chi connectivity index (χ2n) is 11.6. The summed E-state index contributed by atoms with van der Waals surface area (Å²) in [4.78, 5) is 66.6. The molecule has 234 valence electrons. The van der Waals surface area contributed by atoms with Crippen molar-refractivity contribution in [3.8, 4) is 0 Å². The van der Waals surface area contributed by atoms with Crippen molar-refractivity contribution in [1.29, 1.82) is 0 Å². The Morgan fingerprint density at radius 1 is 1.14 bits per heavy atom. The van der Waals surface area contributed by atoms with Gasteiger partial charge in [-0.2, -0.15) is 0 Å². The Morgan fingerprint density at radius 3 is 2.64 bits per heavy atom. The van der Waals surface area contributed by atoms with Gasteiger partial charge in [0, 0.05) is 48.6 Å². The third kappa shape index (κ3) is 5.60. The molecule has 3 amide bonds. The Hall–Kier alpha value is -3.45. The topological polar surface area (TPSA) is 152 Å². The number of benzene rings is 1. The third-order valence-electron chi connectivity index (χ3n) is 8.82. The summed E-state index contributed by atoms with van der Waals surface area (Å²) in [7, 11) is -3.35. The van der Waals surface area contributed by atoms with Gasteiger partial charge in [-0.15, -0.1) is 11.3 Å². The number of thiophene rings is 1. The molecule has 0 aliphatic carbocycles. The Morgan fingerprint density at radius 2 is 1.91 bits per heavy atom. The van der Waals surface area contributed by atoms with E-state index in [1.54, 1.807) is 23.0 Å². The molecular weight excluding hydrogens is 615 g/mol. The highest BCUT2D eigenvalue weighted by atomic mass is 32.1. The molecule has 11 nitrogen and oxygen atoms in total. The van der Waals surface area contributed by atoms with E-state index >= 15 is 0 Å². The summed E-state index contributed by atoms with van der Waals surface area (Å²) in [6.07, 6.45) is 5.81. The minimum absolute atomic E-state index is 0.0707. The number of nitrogens with one attached hydrogen (secondary N) is 2. The maximum Gasteiger partial charge on any atom is 0.363 e. The highest BCUT2D eigenvalue weighted by Crippen LogP contribution is 2.53. The van der Waals surface area contributed by atoms with Crippen LogP contribution in [0.2, 0.25) is 0 Å². The fourth-order valence-electron chi connectivity index (χ4n) is 6.57. The largest absolute Gasteiger partial charge is 0.385 e. The van der Waals surface area contributed by atoms with Crippen LogP contribution in [0, 0.1) is 5.82 Å². The highest BCUT2D eigenvalue weighted by Gasteiger charge is 2.48. The minimum atomic E-state index is -4.98. The summed E-state index contributed by atoms with van der Waals surface area (Å²) in [6.45, 7) is 0.792. The Kier molecular flexibility index (Phi) is 8.20. The third-order valence-corrected chi connectivity index (χ3v) is 10.8. The normalized spacial score (nSPS) is 23.2. The van der Waals surface area contributed by atoms with Crippen molar-refractivity contribution in [2.45, 2.75) is 62.1 Å². The van der Waals surface area contributed by atoms with Crippen LogP contribution in [-0.2, 0) is 14.2 Å². The molecule has 15 heteroatoms. The summed E-state index contributed by atoms with van der Waals surface area (Å²) in [5.41, 5.74) is 0.887. The number of hydrogen-bond donors (Lipinski definition) is 4. The number of likely N-dealkylation sites (tertiary alicyclic amines) is 1. The smallest absolute Gasteiger partial charge is 0.363 e. The van der Waals surface area contributed by atoms with Gasteiger partial charge in [0.1, 0.15) is 12.1 Å². The SMILES string of the molecule is CNc1c(F)cncc1C1CN(C(=O)[C@@H]2CC[C@@H]3CCC[C@H](NC(=O)c4cc5cc([C@H](F)P(=O)(O)O)ccc5s4)C(=O)N32)C1. The molecule has 1 aromatic carbocycles. The first-order valence-corrected chi connectivity index (χ1v) is 16.9. The van der Waals surface area contributed by atoms with Crippen molar-refractivity contribution in [2.75, 3.05) is 25.5 Å². The van der Waals surface area contributed by atoms with Crippen LogP contribution < -0.4 is 10.6 Å². The molecule has 5 heterocycles. The minimum Gasteiger partial charge on any atom is -0.385 e. The number of carbonyl (C=O) groups is 3. The number of amides is 3. The lowest BCUT2D eigenvalue weighted by atomic mass is 9.90. The summed E-state index contributed by atoms with van der Waals surface area (Å²) < 4.78 is 40.4. The van der Waals surface area contributed by atoms with E-state index in [2.05, 4.69) is 15.6 Å². The zero-order valence-electron chi connectivity index (χ0n) is 23.8. The second-order valence-corrected chi connectivity index (χ2v) is 14.3. The van der Waals surface area contributed by atoms with Gasteiger partial charge < -0.3 is 30.2 Å². The van der Waals surface area contributed by atoms with Crippen LogP contribution in [0.5, 0.6) is 0 Å². The summed E-state index contributed by atoms with van der Waals surface area (Å²) in [5, 5.41) is 6.15. The van der Waals surface area contributed by atoms with E-state index in [9.17, 15) is 37.5 Å². The fourth-order valence-corrected chi connectivity index (χ4v) is 8.07. The van der Waals surface area contributed by atoms with Gasteiger partial charge in [0.15, 0.2) is 5.82 Å². The fraction of sp³-hybridized carbons (Fsp3) is 0.448. The lowest BCUT2D eigenvalue weighted by Crippen LogP contribution is -2.58. The second kappa shape index (κ2) is 11.8. The monoisotopic (exact) mass is 647 g/mol. The van der Waals surface area contributed by atoms with Gasteiger partial charge in [0.25, 0.3) is 5.91 Å². The Balaban J connectivity index is 1.13. The molecule has 0 spiro atoms. The molecule has 0 radical (unpaired) electrons. The van der Waals surface area contributed by atoms with Crippen LogP contribution in [0.25, 0.3) is 10.1 Å². The highest BCUT2D eigenvalue weighted by molar-refractivity contribution is 7.51. The first-order chi connectivity index (χ1) is 21.0. The van der Waals surface area contributed by atoms with Crippen LogP contribution >= 0.6 is 18.9 Å². The lowest BCUT2D eigenvalue weighted by Gasteiger charge is -2.43. The molecule has 0 unspecified atom stereocenters. The molecule has 6 rings (SSSR count). The standard InChI is InChI=1S/C29H32F2N5O6PS/c1-32-25-19(11-33-12-20(25)30)17-13-35(14-17)29(39)22-7-6-18-3-2-4-21(28(38)36(18)22)34-27(37)24-10-16-9-15(5-8-23(16)44-24)26(31)43(40,41)42/h5,8-12,17-18,21-22,26H,2-4,6-7,13-14H2,1H3,(H,32,33)(H,34,37)(H2,40,41,42)/t18-,21-,22-,26+/m0/s1. The van der Waals surface area contributed by atoms with Crippen molar-refractivity contribution in [3.05, 3.63) is 58.5 Å². The molecular formula is C29H32F2N5O6PS. The van der Waals surface area contributed by atoms with Gasteiger partial charge in [-0.25, -0.2) is 8.78 Å². The lowest BCUT2D eigenvalue weighted by molar-refractivity contribution is -0.148. The van der Waals surface area contributed by atoms with Crippen LogP contribution in [0.15, 0.2) is 36.7 Å². The van der Waals surface area contributed by atoms with Crippen molar-refractivity contribution in [2.24, 2.45) is 0 Å². The molecule has 4 N–H and O–H groups in total. The predicted molar refractivity (Wildman–Crippen MR) is 160 cm³/mol. The van der Waals surface area contributed by atoms with Crippen molar-refractivity contribution >= 4 is 52.4 Å². The van der Waals surface area contributed by atoms with E-state index in [4.69, 9.17) is 0 Å². The first-order valence-electron chi connectivity index (χ1n) is 14.4. The van der Waals surface area contributed by atoms with E-state index in [1.807, 2.05) is 0 Å². The van der Waals surface area contributed by atoms with E-state index in [-0.39, 0.29) is 34.2 Å². The molecule has 2 aromatic heterocycles. The molecule has 3 aliphatic rings. The Labute approximate surface area is 255 Å². The van der Waals surface area contributed by atoms with Gasteiger partial charge in [0.2, 0.25) is 17.7 Å². The summed E-state index contributed by atoms with van der Waals surface area (Å²) in [6, 6.07) is 4.03. The average molecular weight is 648 g/mol. The maximum absolute atomic E-state index is 14.2. The van der Waals surface area contributed by atoms with Gasteiger partial charge in [-0.1, -0.05) is 6.07 Å². The number of alkyl halides is 1. The molecule has 3 aliphatic heterocycles. The van der Waals surface area contributed by atoms with Crippen LogP contribution in [0.3, 0.4) is 0 Å². The van der Waals surface area contributed by atoms with Gasteiger partial charge in [0.05, 0.1) is 16.8 Å². The number of aromatic nitrogens is 1. The average Bonchev–Trinajstić information content (AvgIpc) is 3.55. The van der Waals surface area contributed by atoms with Crippen LogP contribution in [0.1, 0.15) is 64.7 Å². The van der Waals surface area contributed by atoms with E-state index < -0.39 is 37.3 Å². The number of nitrogens with zero attached hydrogens (tertiary/aromatic N) is 3. The number of hydrogen-bond acceptors (Lipinski definition) is 7. The maximum atomic E-state index is 14.2. The molecule has 3 saturated heterocycles. The number of anilines is 1. The predicted octanol–water partition coefficient (Wildman–Crippen LogP) is 3.89. The van der Waals surface area contributed by atoms with Gasteiger partial charge in [-0.05, 0) is 61.3 Å². The first kappa shape index (κ1) is 30.6. The number of carbonyl (C=O) groups excluding carboxylic acids is 3. The molecule has 0 saturated carbocycles. The van der Waals surface area contributed by atoms with E-state index in [0.29, 0.717) is 60.1 Å². The zero-order chi connectivity index (χ0) is 31.3. The Bertz CT molecular complexity index is 1680. The molecule has 3 aromatic rings. The van der Waals surface area contributed by atoms with E-state index in [1.165, 1.54) is 24.3 Å². The van der Waals surface area contributed by atoms with Gasteiger partial charge in [-0.3, -0.25) is 23.9 Å². The molecule has 44 heavy (non-hydrogen) atoms. The van der Waals surface area contributed by atoms with Crippen molar-refractivity contribution in [1.82, 2.24) is 20.1 Å².